The van der Waals surface area contributed by atoms with E-state index in [9.17, 15) is 5.11 Å². The van der Waals surface area contributed by atoms with Gasteiger partial charge in [0.2, 0.25) is 0 Å². The van der Waals surface area contributed by atoms with Crippen LogP contribution in [0.4, 0.5) is 0 Å². The average molecular weight is 274 g/mol. The highest BCUT2D eigenvalue weighted by Gasteiger charge is 2.23. The molecule has 19 heavy (non-hydrogen) atoms. The van der Waals surface area contributed by atoms with Crippen molar-refractivity contribution in [2.24, 2.45) is 0 Å². The van der Waals surface area contributed by atoms with Crippen LogP contribution in [0.25, 0.3) is 0 Å². The first kappa shape index (κ1) is 18.8. The molecule has 0 fully saturated rings. The van der Waals surface area contributed by atoms with Crippen molar-refractivity contribution >= 4 is 0 Å². The van der Waals surface area contributed by atoms with Gasteiger partial charge in [0.05, 0.1) is 13.2 Å². The Morgan fingerprint density at radius 3 is 2.42 bits per heavy atom. The van der Waals surface area contributed by atoms with Crippen LogP contribution in [0.5, 0.6) is 0 Å². The second-order valence-electron chi connectivity index (χ2n) is 5.75. The number of aliphatic hydroxyl groups excluding tert-OH is 1. The lowest BCUT2D eigenvalue weighted by molar-refractivity contribution is 0.110. The lowest BCUT2D eigenvalue weighted by Crippen LogP contribution is -2.49. The third kappa shape index (κ3) is 9.38. The van der Waals surface area contributed by atoms with E-state index in [1.54, 1.807) is 0 Å². The van der Waals surface area contributed by atoms with Crippen molar-refractivity contribution in [2.45, 2.75) is 59.0 Å². The summed E-state index contributed by atoms with van der Waals surface area (Å²) in [5.74, 6) is 0. The molecule has 2 N–H and O–H groups in total. The molecule has 0 rings (SSSR count). The monoisotopic (exact) mass is 274 g/mol. The van der Waals surface area contributed by atoms with E-state index in [0.29, 0.717) is 6.04 Å². The molecule has 4 nitrogen and oxygen atoms in total. The molecule has 0 bridgehead atoms. The van der Waals surface area contributed by atoms with E-state index in [-0.39, 0.29) is 12.1 Å². The van der Waals surface area contributed by atoms with Crippen LogP contribution in [0.1, 0.15) is 47.5 Å². The van der Waals surface area contributed by atoms with Crippen LogP contribution in [0.15, 0.2) is 0 Å². The molecule has 0 spiro atoms. The van der Waals surface area contributed by atoms with Gasteiger partial charge in [-0.15, -0.1) is 0 Å². The van der Waals surface area contributed by atoms with Gasteiger partial charge in [0.1, 0.15) is 0 Å². The lowest BCUT2D eigenvalue weighted by Gasteiger charge is -2.32. The number of ether oxygens (including phenoxy) is 1. The Kier molecular flexibility index (Phi) is 10.5. The summed E-state index contributed by atoms with van der Waals surface area (Å²) in [7, 11) is 0. The highest BCUT2D eigenvalue weighted by Crippen LogP contribution is 2.13. The van der Waals surface area contributed by atoms with Crippen LogP contribution in [0.2, 0.25) is 0 Å². The fourth-order valence-electron chi connectivity index (χ4n) is 2.35. The van der Waals surface area contributed by atoms with E-state index in [1.165, 1.54) is 0 Å². The molecular formula is C15H34N2O2. The lowest BCUT2D eigenvalue weighted by atomic mass is 9.95. The highest BCUT2D eigenvalue weighted by atomic mass is 16.5. The van der Waals surface area contributed by atoms with Gasteiger partial charge in [0, 0.05) is 24.7 Å². The summed E-state index contributed by atoms with van der Waals surface area (Å²) < 4.78 is 5.39. The second-order valence-corrected chi connectivity index (χ2v) is 5.75. The molecular weight excluding hydrogens is 240 g/mol. The minimum atomic E-state index is -0.159. The van der Waals surface area contributed by atoms with E-state index >= 15 is 0 Å². The zero-order valence-electron chi connectivity index (χ0n) is 13.5. The summed E-state index contributed by atoms with van der Waals surface area (Å²) in [6, 6.07) is 0.400. The smallest absolute Gasteiger partial charge is 0.0610 e. The van der Waals surface area contributed by atoms with Gasteiger partial charge in [-0.1, -0.05) is 20.8 Å². The Morgan fingerprint density at radius 2 is 1.95 bits per heavy atom. The van der Waals surface area contributed by atoms with Gasteiger partial charge >= 0.3 is 0 Å². The minimum Gasteiger partial charge on any atom is -0.394 e. The maximum atomic E-state index is 9.53. The summed E-state index contributed by atoms with van der Waals surface area (Å²) >= 11 is 0. The molecule has 1 unspecified atom stereocenters. The van der Waals surface area contributed by atoms with Crippen molar-refractivity contribution in [1.82, 2.24) is 10.2 Å². The number of likely N-dealkylation sites (N-methyl/N-ethyl adjacent to an activating group) is 1. The van der Waals surface area contributed by atoms with Gasteiger partial charge in [-0.05, 0) is 39.8 Å². The summed E-state index contributed by atoms with van der Waals surface area (Å²) in [5.41, 5.74) is -0.159. The Bertz CT molecular complexity index is 212. The number of aliphatic hydroxyl groups is 1. The van der Waals surface area contributed by atoms with Gasteiger partial charge in [-0.3, -0.25) is 0 Å². The van der Waals surface area contributed by atoms with Crippen LogP contribution in [0, 0.1) is 0 Å². The van der Waals surface area contributed by atoms with Crippen LogP contribution in [-0.4, -0.2) is 61.0 Å². The molecule has 0 aliphatic carbocycles. The zero-order valence-corrected chi connectivity index (χ0v) is 13.5. The Hall–Kier alpha value is -0.160. The van der Waals surface area contributed by atoms with Crippen molar-refractivity contribution in [3.05, 3.63) is 0 Å². The van der Waals surface area contributed by atoms with Gasteiger partial charge in [0.15, 0.2) is 0 Å². The van der Waals surface area contributed by atoms with Gasteiger partial charge in [-0.2, -0.15) is 0 Å². The van der Waals surface area contributed by atoms with Crippen LogP contribution in [-0.2, 0) is 4.74 Å². The molecule has 0 radical (unpaired) electrons. The molecule has 1 atom stereocenters. The molecule has 0 aromatic carbocycles. The van der Waals surface area contributed by atoms with Crippen LogP contribution >= 0.6 is 0 Å². The summed E-state index contributed by atoms with van der Waals surface area (Å²) in [6.07, 6.45) is 2.09. The normalized spacial score (nSPS) is 15.2. The van der Waals surface area contributed by atoms with Crippen molar-refractivity contribution in [1.29, 1.82) is 0 Å². The van der Waals surface area contributed by atoms with E-state index in [4.69, 9.17) is 4.74 Å². The standard InChI is InChI=1S/C15H34N2O2/c1-6-17(11-12-19-7-2)10-8-9-15(5,13-18)16-14(3)4/h14,16,18H,6-13H2,1-5H3. The van der Waals surface area contributed by atoms with Crippen LogP contribution < -0.4 is 5.32 Å². The molecule has 116 valence electrons. The van der Waals surface area contributed by atoms with Gasteiger partial charge in [0.25, 0.3) is 0 Å². The molecule has 0 aliphatic heterocycles. The summed E-state index contributed by atoms with van der Waals surface area (Å²) in [5, 5.41) is 13.0. The molecule has 0 aromatic rings. The largest absolute Gasteiger partial charge is 0.394 e. The molecule has 0 aromatic heterocycles. The quantitative estimate of drug-likeness (QED) is 0.533. The fourth-order valence-corrected chi connectivity index (χ4v) is 2.35. The van der Waals surface area contributed by atoms with Gasteiger partial charge in [-0.25, -0.2) is 0 Å². The maximum Gasteiger partial charge on any atom is 0.0610 e. The summed E-state index contributed by atoms with van der Waals surface area (Å²) in [4.78, 5) is 2.41. The highest BCUT2D eigenvalue weighted by molar-refractivity contribution is 4.84. The van der Waals surface area contributed by atoms with Crippen molar-refractivity contribution in [3.63, 3.8) is 0 Å². The molecule has 0 saturated carbocycles. The van der Waals surface area contributed by atoms with E-state index in [2.05, 4.69) is 37.9 Å². The number of nitrogens with zero attached hydrogens (tertiary/aromatic N) is 1. The number of nitrogens with one attached hydrogen (secondary N) is 1. The predicted octanol–water partition coefficient (Wildman–Crippen LogP) is 1.87. The Balaban J connectivity index is 3.95. The van der Waals surface area contributed by atoms with Crippen molar-refractivity contribution in [3.8, 4) is 0 Å². The van der Waals surface area contributed by atoms with Crippen LogP contribution in [0.3, 0.4) is 0 Å². The van der Waals surface area contributed by atoms with E-state index in [0.717, 1.165) is 45.7 Å². The molecule has 0 saturated heterocycles. The first-order chi connectivity index (χ1) is 8.97. The molecule has 0 heterocycles. The average Bonchev–Trinajstić information content (AvgIpc) is 2.36. The Morgan fingerprint density at radius 1 is 1.26 bits per heavy atom. The Labute approximate surface area is 119 Å². The maximum absolute atomic E-state index is 9.53. The second kappa shape index (κ2) is 10.6. The molecule has 4 heteroatoms. The first-order valence-corrected chi connectivity index (χ1v) is 7.66. The predicted molar refractivity (Wildman–Crippen MR) is 81.6 cm³/mol. The SMILES string of the molecule is CCOCCN(CC)CCCC(C)(CO)NC(C)C. The number of hydrogen-bond acceptors (Lipinski definition) is 4. The van der Waals surface area contributed by atoms with Gasteiger partial charge < -0.3 is 20.1 Å². The zero-order chi connectivity index (χ0) is 14.7. The third-order valence-corrected chi connectivity index (χ3v) is 3.39. The minimum absolute atomic E-state index is 0.159. The number of hydrogen-bond donors (Lipinski definition) is 2. The third-order valence-electron chi connectivity index (χ3n) is 3.39. The van der Waals surface area contributed by atoms with Crippen molar-refractivity contribution in [2.75, 3.05) is 39.5 Å². The van der Waals surface area contributed by atoms with E-state index in [1.807, 2.05) is 6.92 Å². The molecule has 0 amide bonds. The van der Waals surface area contributed by atoms with Crippen molar-refractivity contribution < 1.29 is 9.84 Å². The summed E-state index contributed by atoms with van der Waals surface area (Å²) in [6.45, 7) is 15.5. The fraction of sp³-hybridized carbons (Fsp3) is 1.00. The first-order valence-electron chi connectivity index (χ1n) is 7.66. The molecule has 0 aliphatic rings. The topological polar surface area (TPSA) is 44.7 Å². The van der Waals surface area contributed by atoms with E-state index < -0.39 is 0 Å². The number of rotatable bonds is 12.